The Morgan fingerprint density at radius 2 is 2.00 bits per heavy atom. The van der Waals surface area contributed by atoms with Gasteiger partial charge in [-0.25, -0.2) is 4.79 Å². The van der Waals surface area contributed by atoms with Crippen molar-refractivity contribution in [2.75, 3.05) is 0 Å². The average Bonchev–Trinajstić information content (AvgIpc) is 2.16. The molecule has 3 nitrogen and oxygen atoms in total. The van der Waals surface area contributed by atoms with Crippen molar-refractivity contribution in [2.45, 2.75) is 13.8 Å². The number of fused-ring (bicyclic) bond motifs is 1. The van der Waals surface area contributed by atoms with Crippen LogP contribution in [0.5, 0.6) is 0 Å². The predicted octanol–water partition coefficient (Wildman–Crippen LogP) is 2.28. The highest BCUT2D eigenvalue weighted by atomic mass is 16.4. The number of aryl methyl sites for hydroxylation is 2. The molecule has 0 aliphatic rings. The molecule has 0 saturated carbocycles. The average molecular weight is 199 g/mol. The molecule has 0 aliphatic carbocycles. The first-order chi connectivity index (χ1) is 7.11. The minimum absolute atomic E-state index is 0.0504. The molecule has 74 valence electrons. The van der Waals surface area contributed by atoms with Gasteiger partial charge in [0.15, 0.2) is 0 Å². The number of nitriles is 1. The van der Waals surface area contributed by atoms with Crippen molar-refractivity contribution in [3.8, 4) is 6.07 Å². The van der Waals surface area contributed by atoms with Crippen molar-refractivity contribution in [3.63, 3.8) is 0 Å². The molecule has 0 bridgehead atoms. The standard InChI is InChI=1S/C12H9NO2/c1-7-3-8(2)10-5-9(6-13)12(14)15-11(10)4-7/h3-5H,1-2H3. The van der Waals surface area contributed by atoms with Crippen molar-refractivity contribution in [3.05, 3.63) is 45.3 Å². The molecule has 1 heterocycles. The summed E-state index contributed by atoms with van der Waals surface area (Å²) in [4.78, 5) is 11.3. The second-order valence-corrected chi connectivity index (χ2v) is 3.55. The van der Waals surface area contributed by atoms with E-state index in [9.17, 15) is 4.79 Å². The van der Waals surface area contributed by atoms with Gasteiger partial charge in [0, 0.05) is 5.39 Å². The predicted molar refractivity (Wildman–Crippen MR) is 56.7 cm³/mol. The SMILES string of the molecule is Cc1cc(C)c2cc(C#N)c(=O)oc2c1. The number of benzene rings is 1. The van der Waals surface area contributed by atoms with Crippen LogP contribution in [0.4, 0.5) is 0 Å². The summed E-state index contributed by atoms with van der Waals surface area (Å²) >= 11 is 0. The third-order valence-corrected chi connectivity index (χ3v) is 2.32. The second kappa shape index (κ2) is 3.25. The van der Waals surface area contributed by atoms with Crippen LogP contribution in [0.25, 0.3) is 11.0 Å². The van der Waals surface area contributed by atoms with Crippen LogP contribution in [0.15, 0.2) is 27.4 Å². The van der Waals surface area contributed by atoms with Gasteiger partial charge in [-0.3, -0.25) is 0 Å². The van der Waals surface area contributed by atoms with E-state index < -0.39 is 5.63 Å². The third kappa shape index (κ3) is 1.50. The molecule has 3 heteroatoms. The lowest BCUT2D eigenvalue weighted by Gasteiger charge is -2.02. The topological polar surface area (TPSA) is 54.0 Å². The van der Waals surface area contributed by atoms with Gasteiger partial charge in [0.05, 0.1) is 0 Å². The Kier molecular flexibility index (Phi) is 2.05. The largest absolute Gasteiger partial charge is 0.422 e. The smallest absolute Gasteiger partial charge is 0.354 e. The number of hydrogen-bond acceptors (Lipinski definition) is 3. The summed E-state index contributed by atoms with van der Waals surface area (Å²) in [6.07, 6.45) is 0. The quantitative estimate of drug-likeness (QED) is 0.611. The minimum atomic E-state index is -0.574. The first kappa shape index (κ1) is 9.47. The summed E-state index contributed by atoms with van der Waals surface area (Å²) in [6.45, 7) is 3.86. The van der Waals surface area contributed by atoms with Gasteiger partial charge in [-0.1, -0.05) is 6.07 Å². The molecule has 0 spiro atoms. The first-order valence-corrected chi connectivity index (χ1v) is 4.57. The van der Waals surface area contributed by atoms with Crippen LogP contribution in [0.1, 0.15) is 16.7 Å². The number of rotatable bonds is 0. The molecule has 0 unspecified atom stereocenters. The summed E-state index contributed by atoms with van der Waals surface area (Å²) in [5.74, 6) is 0. The Morgan fingerprint density at radius 1 is 1.27 bits per heavy atom. The highest BCUT2D eigenvalue weighted by Gasteiger charge is 2.06. The van der Waals surface area contributed by atoms with Crippen molar-refractivity contribution in [1.82, 2.24) is 0 Å². The molecule has 0 amide bonds. The van der Waals surface area contributed by atoms with Crippen LogP contribution in [-0.4, -0.2) is 0 Å². The van der Waals surface area contributed by atoms with E-state index in [4.69, 9.17) is 9.68 Å². The Hall–Kier alpha value is -2.08. The molecular weight excluding hydrogens is 190 g/mol. The zero-order chi connectivity index (χ0) is 11.0. The van der Waals surface area contributed by atoms with E-state index in [0.717, 1.165) is 16.5 Å². The van der Waals surface area contributed by atoms with Crippen molar-refractivity contribution in [2.24, 2.45) is 0 Å². The first-order valence-electron chi connectivity index (χ1n) is 4.57. The Bertz CT molecular complexity index is 632. The van der Waals surface area contributed by atoms with Gasteiger partial charge in [0.2, 0.25) is 0 Å². The lowest BCUT2D eigenvalue weighted by molar-refractivity contribution is 0.558. The highest BCUT2D eigenvalue weighted by Crippen LogP contribution is 2.19. The molecule has 2 aromatic rings. The van der Waals surface area contributed by atoms with Gasteiger partial charge >= 0.3 is 5.63 Å². The van der Waals surface area contributed by atoms with Crippen molar-refractivity contribution in [1.29, 1.82) is 5.26 Å². The summed E-state index contributed by atoms with van der Waals surface area (Å²) in [5.41, 5.74) is 2.05. The highest BCUT2D eigenvalue weighted by molar-refractivity contribution is 5.81. The Morgan fingerprint density at radius 3 is 2.67 bits per heavy atom. The summed E-state index contributed by atoms with van der Waals surface area (Å²) in [7, 11) is 0. The number of nitrogens with zero attached hydrogens (tertiary/aromatic N) is 1. The molecule has 1 aromatic carbocycles. The molecule has 0 saturated heterocycles. The van der Waals surface area contributed by atoms with Gasteiger partial charge in [-0.2, -0.15) is 5.26 Å². The van der Waals surface area contributed by atoms with Gasteiger partial charge in [0.1, 0.15) is 17.2 Å². The Balaban J connectivity index is 2.95. The van der Waals surface area contributed by atoms with Crippen LogP contribution in [0.2, 0.25) is 0 Å². The zero-order valence-electron chi connectivity index (χ0n) is 8.50. The molecule has 15 heavy (non-hydrogen) atoms. The van der Waals surface area contributed by atoms with E-state index in [0.29, 0.717) is 5.58 Å². The second-order valence-electron chi connectivity index (χ2n) is 3.55. The third-order valence-electron chi connectivity index (χ3n) is 2.32. The van der Waals surface area contributed by atoms with E-state index in [2.05, 4.69) is 0 Å². The van der Waals surface area contributed by atoms with E-state index in [-0.39, 0.29) is 5.56 Å². The Labute approximate surface area is 86.6 Å². The maximum absolute atomic E-state index is 11.3. The molecule has 2 rings (SSSR count). The van der Waals surface area contributed by atoms with Crippen LogP contribution in [0.3, 0.4) is 0 Å². The van der Waals surface area contributed by atoms with Gasteiger partial charge in [0.25, 0.3) is 0 Å². The minimum Gasteiger partial charge on any atom is -0.422 e. The summed E-state index contributed by atoms with van der Waals surface area (Å²) < 4.78 is 5.07. The normalized spacial score (nSPS) is 10.2. The maximum Gasteiger partial charge on any atom is 0.354 e. The molecule has 1 aromatic heterocycles. The van der Waals surface area contributed by atoms with Crippen LogP contribution < -0.4 is 5.63 Å². The van der Waals surface area contributed by atoms with Crippen LogP contribution >= 0.6 is 0 Å². The molecule has 0 aliphatic heterocycles. The fraction of sp³-hybridized carbons (Fsp3) is 0.167. The van der Waals surface area contributed by atoms with E-state index >= 15 is 0 Å². The zero-order valence-corrected chi connectivity index (χ0v) is 8.50. The van der Waals surface area contributed by atoms with Crippen LogP contribution in [-0.2, 0) is 0 Å². The summed E-state index contributed by atoms with van der Waals surface area (Å²) in [6, 6.07) is 7.19. The van der Waals surface area contributed by atoms with Gasteiger partial charge in [-0.15, -0.1) is 0 Å². The van der Waals surface area contributed by atoms with Crippen LogP contribution in [0, 0.1) is 25.2 Å². The molecule has 0 atom stereocenters. The van der Waals surface area contributed by atoms with Crippen molar-refractivity contribution < 1.29 is 4.42 Å². The molecule has 0 fully saturated rings. The van der Waals surface area contributed by atoms with E-state index in [1.807, 2.05) is 26.0 Å². The summed E-state index contributed by atoms with van der Waals surface area (Å²) in [5, 5.41) is 9.53. The van der Waals surface area contributed by atoms with E-state index in [1.165, 1.54) is 0 Å². The molecular formula is C12H9NO2. The van der Waals surface area contributed by atoms with Crippen molar-refractivity contribution >= 4 is 11.0 Å². The maximum atomic E-state index is 11.3. The van der Waals surface area contributed by atoms with E-state index in [1.54, 1.807) is 12.1 Å². The fourth-order valence-electron chi connectivity index (χ4n) is 1.65. The fourth-order valence-corrected chi connectivity index (χ4v) is 1.65. The van der Waals surface area contributed by atoms with Gasteiger partial charge in [-0.05, 0) is 37.1 Å². The molecule has 0 N–H and O–H groups in total. The van der Waals surface area contributed by atoms with Gasteiger partial charge < -0.3 is 4.42 Å². The monoisotopic (exact) mass is 199 g/mol. The lowest BCUT2D eigenvalue weighted by atomic mass is 10.1. The number of hydrogen-bond donors (Lipinski definition) is 0. The molecule has 0 radical (unpaired) electrons. The lowest BCUT2D eigenvalue weighted by Crippen LogP contribution is -2.03.